The molecule has 0 N–H and O–H groups in total. The number of piperazine rings is 1. The number of aryl methyl sites for hydroxylation is 1. The Morgan fingerprint density at radius 3 is 2.50 bits per heavy atom. The van der Waals surface area contributed by atoms with Crippen molar-refractivity contribution in [3.05, 3.63) is 70.9 Å². The van der Waals surface area contributed by atoms with E-state index in [-0.39, 0.29) is 48.1 Å². The Labute approximate surface area is 244 Å². The zero-order valence-corrected chi connectivity index (χ0v) is 24.2. The van der Waals surface area contributed by atoms with E-state index in [4.69, 9.17) is 14.0 Å². The summed E-state index contributed by atoms with van der Waals surface area (Å²) in [6, 6.07) is 12.2. The van der Waals surface area contributed by atoms with Gasteiger partial charge in [0.2, 0.25) is 22.7 Å². The number of hydrogen-bond donors (Lipinski definition) is 0. The number of sulfonamides is 1. The third kappa shape index (κ3) is 5.79. The molecule has 2 fully saturated rings. The number of rotatable bonds is 7. The lowest BCUT2D eigenvalue weighted by Crippen LogP contribution is -2.51. The smallest absolute Gasteiger partial charge is 0.248 e. The van der Waals surface area contributed by atoms with Crippen molar-refractivity contribution in [1.82, 2.24) is 19.3 Å². The highest BCUT2D eigenvalue weighted by Crippen LogP contribution is 2.33. The SMILES string of the molecule is Cc1noc(C=Cc2ccccc2F)c1S(=O)(=O)N1CCC(C(=O)N2CCN(Cc3ccc4c(c3)OCO4)CC2)CC1. The summed E-state index contributed by atoms with van der Waals surface area (Å²) in [6.07, 6.45) is 3.78. The molecule has 12 heteroatoms. The Morgan fingerprint density at radius 2 is 1.74 bits per heavy atom. The molecule has 4 heterocycles. The molecule has 42 heavy (non-hydrogen) atoms. The fraction of sp³-hybridized carbons (Fsp3) is 0.400. The molecule has 1 aromatic heterocycles. The first-order valence-electron chi connectivity index (χ1n) is 14.1. The number of piperidine rings is 1. The number of hydrogen-bond acceptors (Lipinski definition) is 8. The van der Waals surface area contributed by atoms with Gasteiger partial charge in [-0.2, -0.15) is 4.31 Å². The summed E-state index contributed by atoms with van der Waals surface area (Å²) >= 11 is 0. The molecule has 0 unspecified atom stereocenters. The maximum atomic E-state index is 14.0. The number of halogens is 1. The molecular formula is C30H33FN4O6S. The minimum absolute atomic E-state index is 0.0292. The Kier molecular flexibility index (Phi) is 8.02. The second-order valence-corrected chi connectivity index (χ2v) is 12.7. The van der Waals surface area contributed by atoms with Crippen molar-refractivity contribution in [2.75, 3.05) is 46.1 Å². The highest BCUT2D eigenvalue weighted by molar-refractivity contribution is 7.89. The van der Waals surface area contributed by atoms with Crippen LogP contribution >= 0.6 is 0 Å². The molecule has 3 aromatic rings. The van der Waals surface area contributed by atoms with Crippen molar-refractivity contribution in [2.24, 2.45) is 5.92 Å². The number of benzene rings is 2. The average molecular weight is 597 g/mol. The van der Waals surface area contributed by atoms with Crippen molar-refractivity contribution >= 4 is 28.1 Å². The van der Waals surface area contributed by atoms with Gasteiger partial charge in [0.15, 0.2) is 22.2 Å². The number of fused-ring (bicyclic) bond motifs is 1. The normalized spacial score (nSPS) is 18.7. The van der Waals surface area contributed by atoms with Gasteiger partial charge in [0.1, 0.15) is 11.5 Å². The Morgan fingerprint density at radius 1 is 1.00 bits per heavy atom. The van der Waals surface area contributed by atoms with Crippen LogP contribution in [0.4, 0.5) is 4.39 Å². The zero-order chi connectivity index (χ0) is 29.3. The number of amides is 1. The lowest BCUT2D eigenvalue weighted by molar-refractivity contribution is -0.138. The van der Waals surface area contributed by atoms with Crippen molar-refractivity contribution in [3.8, 4) is 11.5 Å². The number of nitrogens with zero attached hydrogens (tertiary/aromatic N) is 4. The molecule has 0 radical (unpaired) electrons. The molecule has 10 nitrogen and oxygen atoms in total. The van der Waals surface area contributed by atoms with Crippen LogP contribution in [0.25, 0.3) is 12.2 Å². The van der Waals surface area contributed by atoms with Crippen LogP contribution in [0.2, 0.25) is 0 Å². The van der Waals surface area contributed by atoms with Gasteiger partial charge in [0.25, 0.3) is 0 Å². The van der Waals surface area contributed by atoms with Crippen LogP contribution in [0.1, 0.15) is 35.4 Å². The van der Waals surface area contributed by atoms with E-state index in [1.807, 2.05) is 23.1 Å². The van der Waals surface area contributed by atoms with E-state index >= 15 is 0 Å². The molecule has 3 aliphatic heterocycles. The van der Waals surface area contributed by atoms with Crippen molar-refractivity contribution in [1.29, 1.82) is 0 Å². The third-order valence-electron chi connectivity index (χ3n) is 8.08. The van der Waals surface area contributed by atoms with Crippen molar-refractivity contribution in [2.45, 2.75) is 31.2 Å². The zero-order valence-electron chi connectivity index (χ0n) is 23.4. The average Bonchev–Trinajstić information content (AvgIpc) is 3.63. The number of ether oxygens (including phenoxy) is 2. The van der Waals surface area contributed by atoms with E-state index in [2.05, 4.69) is 10.1 Å². The summed E-state index contributed by atoms with van der Waals surface area (Å²) in [5, 5.41) is 3.86. The van der Waals surface area contributed by atoms with Gasteiger partial charge in [-0.3, -0.25) is 9.69 Å². The summed E-state index contributed by atoms with van der Waals surface area (Å²) in [7, 11) is -3.93. The lowest BCUT2D eigenvalue weighted by atomic mass is 9.96. The Bertz CT molecular complexity index is 1590. The van der Waals surface area contributed by atoms with E-state index in [1.165, 1.54) is 22.5 Å². The van der Waals surface area contributed by atoms with Crippen LogP contribution in [0, 0.1) is 18.7 Å². The lowest BCUT2D eigenvalue weighted by Gasteiger charge is -2.38. The van der Waals surface area contributed by atoms with Gasteiger partial charge in [-0.05, 0) is 55.7 Å². The van der Waals surface area contributed by atoms with Gasteiger partial charge in [-0.15, -0.1) is 0 Å². The molecule has 0 aliphatic carbocycles. The molecule has 0 bridgehead atoms. The van der Waals surface area contributed by atoms with Crippen LogP contribution in [-0.2, 0) is 21.4 Å². The van der Waals surface area contributed by atoms with Crippen LogP contribution in [0.5, 0.6) is 11.5 Å². The first kappa shape index (κ1) is 28.4. The Balaban J connectivity index is 1.03. The summed E-state index contributed by atoms with van der Waals surface area (Å²) in [6.45, 7) is 5.85. The molecule has 0 spiro atoms. The fourth-order valence-corrected chi connectivity index (χ4v) is 7.45. The second-order valence-electron chi connectivity index (χ2n) is 10.8. The molecule has 2 saturated heterocycles. The van der Waals surface area contributed by atoms with Gasteiger partial charge >= 0.3 is 0 Å². The molecule has 0 atom stereocenters. The minimum atomic E-state index is -3.93. The predicted octanol–water partition coefficient (Wildman–Crippen LogP) is 3.77. The van der Waals surface area contributed by atoms with E-state index in [0.717, 1.165) is 36.7 Å². The summed E-state index contributed by atoms with van der Waals surface area (Å²) in [4.78, 5) is 17.5. The van der Waals surface area contributed by atoms with Crippen LogP contribution in [0.15, 0.2) is 51.9 Å². The van der Waals surface area contributed by atoms with E-state index in [9.17, 15) is 17.6 Å². The standard InChI is InChI=1S/C30H33FN4O6S/c1-21-29(27(41-32-21)9-7-23-4-2-3-5-25(23)31)42(37,38)35-12-10-24(11-13-35)30(36)34-16-14-33(15-17-34)19-22-6-8-26-28(18-22)40-20-39-26/h2-9,18,24H,10-17,19-20H2,1H3. The van der Waals surface area contributed by atoms with Gasteiger partial charge in [-0.1, -0.05) is 29.4 Å². The van der Waals surface area contributed by atoms with E-state index in [1.54, 1.807) is 25.1 Å². The molecule has 222 valence electrons. The van der Waals surface area contributed by atoms with E-state index < -0.39 is 15.8 Å². The fourth-order valence-electron chi connectivity index (χ4n) is 5.73. The molecule has 1 amide bonds. The quantitative estimate of drug-likeness (QED) is 0.406. The molecular weight excluding hydrogens is 563 g/mol. The highest BCUT2D eigenvalue weighted by atomic mass is 32.2. The maximum absolute atomic E-state index is 14.0. The summed E-state index contributed by atoms with van der Waals surface area (Å²) < 4.78 is 58.8. The van der Waals surface area contributed by atoms with Crippen LogP contribution in [-0.4, -0.2) is 79.6 Å². The maximum Gasteiger partial charge on any atom is 0.248 e. The highest BCUT2D eigenvalue weighted by Gasteiger charge is 2.37. The number of carbonyl (C=O) groups is 1. The number of aromatic nitrogens is 1. The number of carbonyl (C=O) groups excluding carboxylic acids is 1. The first-order chi connectivity index (χ1) is 20.3. The molecule has 2 aromatic carbocycles. The monoisotopic (exact) mass is 596 g/mol. The van der Waals surface area contributed by atoms with Gasteiger partial charge in [-0.25, -0.2) is 12.8 Å². The summed E-state index contributed by atoms with van der Waals surface area (Å²) in [5.41, 5.74) is 1.68. The third-order valence-corrected chi connectivity index (χ3v) is 10.1. The van der Waals surface area contributed by atoms with Gasteiger partial charge in [0.05, 0.1) is 0 Å². The molecule has 6 rings (SSSR count). The van der Waals surface area contributed by atoms with Gasteiger partial charge < -0.3 is 18.9 Å². The largest absolute Gasteiger partial charge is 0.454 e. The Hall–Kier alpha value is -3.74. The molecule has 0 saturated carbocycles. The molecule has 3 aliphatic rings. The topological polar surface area (TPSA) is 105 Å². The minimum Gasteiger partial charge on any atom is -0.454 e. The second kappa shape index (κ2) is 11.9. The van der Waals surface area contributed by atoms with Crippen molar-refractivity contribution in [3.63, 3.8) is 0 Å². The van der Waals surface area contributed by atoms with E-state index in [0.29, 0.717) is 31.5 Å². The van der Waals surface area contributed by atoms with Crippen LogP contribution < -0.4 is 9.47 Å². The van der Waals surface area contributed by atoms with Crippen LogP contribution in [0.3, 0.4) is 0 Å². The van der Waals surface area contributed by atoms with Crippen molar-refractivity contribution < 1.29 is 31.6 Å². The summed E-state index contributed by atoms with van der Waals surface area (Å²) in [5.74, 6) is 1.02. The van der Waals surface area contributed by atoms with Gasteiger partial charge in [0, 0.05) is 57.3 Å². The first-order valence-corrected chi connectivity index (χ1v) is 15.5. The predicted molar refractivity (Wildman–Crippen MR) is 152 cm³/mol.